The van der Waals surface area contributed by atoms with Crippen LogP contribution in [-0.2, 0) is 0 Å². The second kappa shape index (κ2) is 5.20. The predicted octanol–water partition coefficient (Wildman–Crippen LogP) is 4.27. The molecule has 0 radical (unpaired) electrons. The minimum Gasteiger partial charge on any atom is -0.288 e. The van der Waals surface area contributed by atoms with E-state index >= 15 is 0 Å². The molecule has 0 fully saturated rings. The molecule has 0 aliphatic carbocycles. The van der Waals surface area contributed by atoms with Gasteiger partial charge in [0, 0.05) is 10.6 Å². The third-order valence-corrected chi connectivity index (χ3v) is 2.80. The standard InChI is InChI=1S/C13H4ClF5O/c14-6-3-1-5(2-4-6)13(20)7-8(15)10(17)12(19)11(18)9(7)16/h1-4H. The Kier molecular flexibility index (Phi) is 3.76. The van der Waals surface area contributed by atoms with E-state index in [0.717, 1.165) is 12.1 Å². The van der Waals surface area contributed by atoms with Crippen molar-refractivity contribution >= 4 is 17.4 Å². The SMILES string of the molecule is O=C(c1ccc(Cl)cc1)c1c(F)c(F)c(F)c(F)c1F. The van der Waals surface area contributed by atoms with Gasteiger partial charge in [0.15, 0.2) is 29.1 Å². The van der Waals surface area contributed by atoms with Gasteiger partial charge in [-0.1, -0.05) is 11.6 Å². The highest BCUT2D eigenvalue weighted by atomic mass is 35.5. The quantitative estimate of drug-likeness (QED) is 0.350. The van der Waals surface area contributed by atoms with Crippen LogP contribution in [0.4, 0.5) is 22.0 Å². The Labute approximate surface area is 114 Å². The van der Waals surface area contributed by atoms with Crippen molar-refractivity contribution in [1.82, 2.24) is 0 Å². The molecule has 0 unspecified atom stereocenters. The summed E-state index contributed by atoms with van der Waals surface area (Å²) in [5.41, 5.74) is -1.75. The molecule has 0 bridgehead atoms. The summed E-state index contributed by atoms with van der Waals surface area (Å²) >= 11 is 5.57. The number of hydrogen-bond acceptors (Lipinski definition) is 1. The van der Waals surface area contributed by atoms with Crippen LogP contribution in [0.3, 0.4) is 0 Å². The number of rotatable bonds is 2. The summed E-state index contributed by atoms with van der Waals surface area (Å²) in [5.74, 6) is -12.3. The third kappa shape index (κ3) is 2.27. The number of hydrogen-bond donors (Lipinski definition) is 0. The number of carbonyl (C=O) groups is 1. The summed E-state index contributed by atoms with van der Waals surface area (Å²) in [6, 6.07) is 4.73. The van der Waals surface area contributed by atoms with Crippen molar-refractivity contribution in [2.24, 2.45) is 0 Å². The molecule has 0 spiro atoms. The van der Waals surface area contributed by atoms with E-state index in [1.807, 2.05) is 0 Å². The maximum atomic E-state index is 13.5. The van der Waals surface area contributed by atoms with E-state index in [4.69, 9.17) is 11.6 Å². The Morgan fingerprint density at radius 1 is 0.750 bits per heavy atom. The fraction of sp³-hybridized carbons (Fsp3) is 0. The van der Waals surface area contributed by atoms with Crippen LogP contribution in [0.1, 0.15) is 15.9 Å². The topological polar surface area (TPSA) is 17.1 Å². The van der Waals surface area contributed by atoms with Crippen molar-refractivity contribution in [3.05, 3.63) is 69.5 Å². The van der Waals surface area contributed by atoms with Crippen molar-refractivity contribution in [3.63, 3.8) is 0 Å². The first-order valence-electron chi connectivity index (χ1n) is 5.16. The average molecular weight is 307 g/mol. The molecule has 20 heavy (non-hydrogen) atoms. The highest BCUT2D eigenvalue weighted by molar-refractivity contribution is 6.30. The maximum Gasteiger partial charge on any atom is 0.200 e. The minimum absolute atomic E-state index is 0.249. The van der Waals surface area contributed by atoms with Crippen molar-refractivity contribution in [3.8, 4) is 0 Å². The predicted molar refractivity (Wildman–Crippen MR) is 61.1 cm³/mol. The van der Waals surface area contributed by atoms with Gasteiger partial charge in [-0.25, -0.2) is 22.0 Å². The molecule has 0 atom stereocenters. The Bertz CT molecular complexity index is 668. The molecule has 0 saturated heterocycles. The van der Waals surface area contributed by atoms with Crippen LogP contribution in [0.25, 0.3) is 0 Å². The monoisotopic (exact) mass is 306 g/mol. The first-order valence-corrected chi connectivity index (χ1v) is 5.54. The Balaban J connectivity index is 2.64. The van der Waals surface area contributed by atoms with E-state index in [1.54, 1.807) is 0 Å². The first kappa shape index (κ1) is 14.5. The number of carbonyl (C=O) groups excluding carboxylic acids is 1. The summed E-state index contributed by atoms with van der Waals surface area (Å²) in [4.78, 5) is 11.8. The highest BCUT2D eigenvalue weighted by Crippen LogP contribution is 2.25. The van der Waals surface area contributed by atoms with Crippen LogP contribution < -0.4 is 0 Å². The zero-order chi connectivity index (χ0) is 15.0. The Morgan fingerprint density at radius 2 is 1.15 bits per heavy atom. The van der Waals surface area contributed by atoms with Crippen LogP contribution in [-0.4, -0.2) is 5.78 Å². The molecule has 0 aromatic heterocycles. The molecule has 2 aromatic carbocycles. The highest BCUT2D eigenvalue weighted by Gasteiger charge is 2.30. The lowest BCUT2D eigenvalue weighted by molar-refractivity contribution is 0.102. The molecule has 104 valence electrons. The smallest absolute Gasteiger partial charge is 0.200 e. The van der Waals surface area contributed by atoms with Gasteiger partial charge >= 0.3 is 0 Å². The van der Waals surface area contributed by atoms with Crippen LogP contribution in [0.15, 0.2) is 24.3 Å². The van der Waals surface area contributed by atoms with Gasteiger partial charge in [0.1, 0.15) is 5.56 Å². The van der Waals surface area contributed by atoms with Crippen molar-refractivity contribution in [2.75, 3.05) is 0 Å². The second-order valence-electron chi connectivity index (χ2n) is 3.78. The summed E-state index contributed by atoms with van der Waals surface area (Å²) < 4.78 is 65.8. The van der Waals surface area contributed by atoms with Crippen molar-refractivity contribution in [2.45, 2.75) is 0 Å². The fourth-order valence-corrected chi connectivity index (χ4v) is 1.68. The van der Waals surface area contributed by atoms with E-state index in [9.17, 15) is 26.7 Å². The lowest BCUT2D eigenvalue weighted by atomic mass is 10.0. The summed E-state index contributed by atoms with van der Waals surface area (Å²) in [6.45, 7) is 0. The van der Waals surface area contributed by atoms with Gasteiger partial charge in [0.25, 0.3) is 0 Å². The summed E-state index contributed by atoms with van der Waals surface area (Å²) in [7, 11) is 0. The average Bonchev–Trinajstić information content (AvgIpc) is 2.44. The van der Waals surface area contributed by atoms with E-state index in [-0.39, 0.29) is 10.6 Å². The molecule has 0 aliphatic rings. The maximum absolute atomic E-state index is 13.5. The fourth-order valence-electron chi connectivity index (χ4n) is 1.55. The third-order valence-electron chi connectivity index (χ3n) is 2.54. The molecule has 0 aliphatic heterocycles. The molecular formula is C13H4ClF5O. The van der Waals surface area contributed by atoms with Gasteiger partial charge in [-0.05, 0) is 24.3 Å². The van der Waals surface area contributed by atoms with Crippen molar-refractivity contribution in [1.29, 1.82) is 0 Å². The summed E-state index contributed by atoms with van der Waals surface area (Å²) in [5, 5.41) is 0.249. The zero-order valence-corrected chi connectivity index (χ0v) is 10.2. The first-order chi connectivity index (χ1) is 9.34. The van der Waals surface area contributed by atoms with Gasteiger partial charge in [-0.15, -0.1) is 0 Å². The molecule has 2 rings (SSSR count). The van der Waals surface area contributed by atoms with Gasteiger partial charge in [-0.2, -0.15) is 0 Å². The number of ketones is 1. The molecule has 7 heteroatoms. The molecule has 2 aromatic rings. The van der Waals surface area contributed by atoms with Gasteiger partial charge in [0.2, 0.25) is 5.82 Å². The van der Waals surface area contributed by atoms with Gasteiger partial charge < -0.3 is 0 Å². The van der Waals surface area contributed by atoms with Gasteiger partial charge in [-0.3, -0.25) is 4.79 Å². The lowest BCUT2D eigenvalue weighted by Gasteiger charge is -2.07. The molecular weight excluding hydrogens is 303 g/mol. The van der Waals surface area contributed by atoms with Crippen LogP contribution in [0.5, 0.6) is 0 Å². The molecule has 0 N–H and O–H groups in total. The Hall–Kier alpha value is -1.95. The normalized spacial score (nSPS) is 10.7. The largest absolute Gasteiger partial charge is 0.288 e. The minimum atomic E-state index is -2.31. The van der Waals surface area contributed by atoms with Gasteiger partial charge in [0.05, 0.1) is 0 Å². The van der Waals surface area contributed by atoms with E-state index in [1.165, 1.54) is 12.1 Å². The summed E-state index contributed by atoms with van der Waals surface area (Å²) in [6.07, 6.45) is 0. The van der Waals surface area contributed by atoms with Crippen LogP contribution >= 0.6 is 11.6 Å². The van der Waals surface area contributed by atoms with E-state index < -0.39 is 40.4 Å². The molecule has 0 heterocycles. The van der Waals surface area contributed by atoms with E-state index in [2.05, 4.69) is 0 Å². The number of halogens is 6. The van der Waals surface area contributed by atoms with Crippen LogP contribution in [0.2, 0.25) is 5.02 Å². The molecule has 0 saturated carbocycles. The van der Waals surface area contributed by atoms with E-state index in [0.29, 0.717) is 0 Å². The van der Waals surface area contributed by atoms with Crippen molar-refractivity contribution < 1.29 is 26.7 Å². The molecule has 1 nitrogen and oxygen atoms in total. The zero-order valence-electron chi connectivity index (χ0n) is 9.49. The molecule has 0 amide bonds. The second-order valence-corrected chi connectivity index (χ2v) is 4.22. The van der Waals surface area contributed by atoms with Crippen LogP contribution in [0, 0.1) is 29.1 Å². The lowest BCUT2D eigenvalue weighted by Crippen LogP contribution is -2.13. The number of benzene rings is 2. The Morgan fingerprint density at radius 3 is 1.60 bits per heavy atom.